The lowest BCUT2D eigenvalue weighted by Gasteiger charge is -2.08. The second-order valence-corrected chi connectivity index (χ2v) is 4.06. The summed E-state index contributed by atoms with van der Waals surface area (Å²) in [5, 5.41) is 0. The van der Waals surface area contributed by atoms with E-state index < -0.39 is 10.1 Å². The van der Waals surface area contributed by atoms with Gasteiger partial charge in [0.05, 0.1) is 16.2 Å². The summed E-state index contributed by atoms with van der Waals surface area (Å²) in [5.41, 5.74) is 0. The molecule has 0 radical (unpaired) electrons. The van der Waals surface area contributed by atoms with Crippen LogP contribution in [0.25, 0.3) is 0 Å². The third-order valence-electron chi connectivity index (χ3n) is 0.990. The van der Waals surface area contributed by atoms with Gasteiger partial charge in [0.15, 0.2) is 0 Å². The Morgan fingerprint density at radius 2 is 2.00 bits per heavy atom. The van der Waals surface area contributed by atoms with Crippen molar-refractivity contribution < 1.29 is 17.7 Å². The monoisotopic (exact) mass is 181 g/mol. The molecule has 0 aromatic rings. The minimum Gasteiger partial charge on any atom is -0.748 e. The predicted molar refractivity (Wildman–Crippen MR) is 40.3 cm³/mol. The first kappa shape index (κ1) is 10.9. The molecule has 0 rings (SSSR count). The molecule has 0 saturated carbocycles. The molecule has 4 nitrogen and oxygen atoms in total. The summed E-state index contributed by atoms with van der Waals surface area (Å²) in [6, 6.07) is 0. The van der Waals surface area contributed by atoms with E-state index in [9.17, 15) is 13.0 Å². The lowest BCUT2D eigenvalue weighted by atomic mass is 10.4. The molecule has 0 atom stereocenters. The highest BCUT2D eigenvalue weighted by atomic mass is 32.2. The molecule has 0 spiro atoms. The Morgan fingerprint density at radius 1 is 1.45 bits per heavy atom. The first-order chi connectivity index (χ1) is 4.92. The van der Waals surface area contributed by atoms with E-state index in [1.165, 1.54) is 0 Å². The van der Waals surface area contributed by atoms with Gasteiger partial charge in [0.2, 0.25) is 0 Å². The molecule has 0 unspecified atom stereocenters. The van der Waals surface area contributed by atoms with Gasteiger partial charge >= 0.3 is 0 Å². The summed E-state index contributed by atoms with van der Waals surface area (Å²) in [6.07, 6.45) is 0.369. The minimum atomic E-state index is -4.05. The molecule has 68 valence electrons. The molecule has 0 bridgehead atoms. The summed E-state index contributed by atoms with van der Waals surface area (Å²) in [6.45, 7) is 4.04. The summed E-state index contributed by atoms with van der Waals surface area (Å²) in [5.74, 6) is -0.334. The van der Waals surface area contributed by atoms with Crippen molar-refractivity contribution in [3.8, 4) is 0 Å². The molecule has 11 heavy (non-hydrogen) atoms. The van der Waals surface area contributed by atoms with Crippen molar-refractivity contribution in [3.05, 3.63) is 0 Å². The fourth-order valence-corrected chi connectivity index (χ4v) is 1.03. The standard InChI is InChI=1S/C6H14O4S/c1-6(2)10-4-3-5-11(7,8)9/h6H,3-5H2,1-2H3,(H,7,8,9)/p-1. The van der Waals surface area contributed by atoms with Gasteiger partial charge in [-0.2, -0.15) is 0 Å². The molecule has 0 N–H and O–H groups in total. The summed E-state index contributed by atoms with van der Waals surface area (Å²) >= 11 is 0. The van der Waals surface area contributed by atoms with Gasteiger partial charge in [0.1, 0.15) is 0 Å². The van der Waals surface area contributed by atoms with Crippen LogP contribution in [0.5, 0.6) is 0 Å². The predicted octanol–water partition coefficient (Wildman–Crippen LogP) is 0.347. The van der Waals surface area contributed by atoms with Crippen LogP contribution in [0.4, 0.5) is 0 Å². The highest BCUT2D eigenvalue weighted by molar-refractivity contribution is 7.85. The van der Waals surface area contributed by atoms with E-state index in [-0.39, 0.29) is 18.3 Å². The summed E-state index contributed by atoms with van der Waals surface area (Å²) < 4.78 is 35.2. The van der Waals surface area contributed by atoms with E-state index in [1.807, 2.05) is 13.8 Å². The molecule has 0 aliphatic heterocycles. The van der Waals surface area contributed by atoms with Gasteiger partial charge in [-0.05, 0) is 20.3 Å². The quantitative estimate of drug-likeness (QED) is 0.453. The van der Waals surface area contributed by atoms with Crippen LogP contribution in [-0.4, -0.2) is 31.4 Å². The fourth-order valence-electron chi connectivity index (χ4n) is 0.555. The number of hydrogen-bond donors (Lipinski definition) is 0. The van der Waals surface area contributed by atoms with Crippen molar-refractivity contribution in [1.82, 2.24) is 0 Å². The summed E-state index contributed by atoms with van der Waals surface area (Å²) in [4.78, 5) is 0. The van der Waals surface area contributed by atoms with Gasteiger partial charge in [0.25, 0.3) is 0 Å². The van der Waals surface area contributed by atoms with E-state index in [1.54, 1.807) is 0 Å². The van der Waals surface area contributed by atoms with Crippen molar-refractivity contribution in [2.24, 2.45) is 0 Å². The van der Waals surface area contributed by atoms with E-state index >= 15 is 0 Å². The zero-order valence-electron chi connectivity index (χ0n) is 6.74. The topological polar surface area (TPSA) is 66.4 Å². The molecule has 0 aliphatic carbocycles. The van der Waals surface area contributed by atoms with Gasteiger partial charge in [-0.15, -0.1) is 0 Å². The largest absolute Gasteiger partial charge is 0.748 e. The van der Waals surface area contributed by atoms with E-state index in [0.29, 0.717) is 6.61 Å². The van der Waals surface area contributed by atoms with E-state index in [0.717, 1.165) is 0 Å². The lowest BCUT2D eigenvalue weighted by molar-refractivity contribution is 0.0795. The zero-order chi connectivity index (χ0) is 8.91. The van der Waals surface area contributed by atoms with Crippen LogP contribution >= 0.6 is 0 Å². The molecule has 0 aromatic heterocycles. The number of hydrogen-bond acceptors (Lipinski definition) is 4. The number of ether oxygens (including phenoxy) is 1. The fraction of sp³-hybridized carbons (Fsp3) is 1.00. The van der Waals surface area contributed by atoms with Gasteiger partial charge in [-0.1, -0.05) is 0 Å². The average molecular weight is 181 g/mol. The maximum Gasteiger partial charge on any atom is 0.0946 e. The van der Waals surface area contributed by atoms with Crippen molar-refractivity contribution in [1.29, 1.82) is 0 Å². The normalized spacial score (nSPS) is 12.4. The van der Waals surface area contributed by atoms with Crippen LogP contribution in [0, 0.1) is 0 Å². The molecule has 0 aliphatic rings. The molecule has 0 saturated heterocycles. The first-order valence-corrected chi connectivity index (χ1v) is 5.05. The van der Waals surface area contributed by atoms with Crippen molar-refractivity contribution in [2.45, 2.75) is 26.4 Å². The minimum absolute atomic E-state index is 0.0874. The van der Waals surface area contributed by atoms with Gasteiger partial charge < -0.3 is 9.29 Å². The van der Waals surface area contributed by atoms with Crippen molar-refractivity contribution in [3.63, 3.8) is 0 Å². The Bertz CT molecular complexity index is 183. The Hall–Kier alpha value is -0.130. The molecular formula is C6H13O4S-. The zero-order valence-corrected chi connectivity index (χ0v) is 7.56. The van der Waals surface area contributed by atoms with Crippen LogP contribution in [-0.2, 0) is 14.9 Å². The van der Waals surface area contributed by atoms with Gasteiger partial charge in [-0.3, -0.25) is 0 Å². The highest BCUT2D eigenvalue weighted by Crippen LogP contribution is 1.92. The molecule has 5 heteroatoms. The Kier molecular flexibility index (Phi) is 4.63. The van der Waals surface area contributed by atoms with Crippen LogP contribution in [0.1, 0.15) is 20.3 Å². The van der Waals surface area contributed by atoms with Crippen LogP contribution in [0.15, 0.2) is 0 Å². The highest BCUT2D eigenvalue weighted by Gasteiger charge is 1.96. The van der Waals surface area contributed by atoms with Gasteiger partial charge in [0, 0.05) is 12.4 Å². The van der Waals surface area contributed by atoms with E-state index in [4.69, 9.17) is 4.74 Å². The maximum atomic E-state index is 10.1. The molecular weight excluding hydrogens is 168 g/mol. The third kappa shape index (κ3) is 9.87. The Balaban J connectivity index is 3.30. The molecule has 0 heterocycles. The average Bonchev–Trinajstić information content (AvgIpc) is 1.78. The van der Waals surface area contributed by atoms with Crippen LogP contribution in [0.2, 0.25) is 0 Å². The van der Waals surface area contributed by atoms with Crippen molar-refractivity contribution >= 4 is 10.1 Å². The lowest BCUT2D eigenvalue weighted by Crippen LogP contribution is -2.10. The van der Waals surface area contributed by atoms with Crippen molar-refractivity contribution in [2.75, 3.05) is 12.4 Å². The summed E-state index contributed by atoms with van der Waals surface area (Å²) in [7, 11) is -4.05. The maximum absolute atomic E-state index is 10.1. The second kappa shape index (κ2) is 4.69. The number of rotatable bonds is 5. The van der Waals surface area contributed by atoms with Crippen LogP contribution in [0.3, 0.4) is 0 Å². The van der Waals surface area contributed by atoms with Crippen LogP contribution < -0.4 is 0 Å². The Morgan fingerprint density at radius 3 is 2.36 bits per heavy atom. The first-order valence-electron chi connectivity index (χ1n) is 3.47. The molecule has 0 amide bonds. The Labute approximate surface area is 67.3 Å². The van der Waals surface area contributed by atoms with E-state index in [2.05, 4.69) is 0 Å². The SMILES string of the molecule is CC(C)OCCCS(=O)(=O)[O-]. The smallest absolute Gasteiger partial charge is 0.0946 e. The molecule has 0 aromatic carbocycles. The van der Waals surface area contributed by atoms with Gasteiger partial charge in [-0.25, -0.2) is 8.42 Å². The second-order valence-electron chi connectivity index (χ2n) is 2.53. The molecule has 0 fully saturated rings. The third-order valence-corrected chi connectivity index (χ3v) is 1.78.